The Morgan fingerprint density at radius 1 is 1.22 bits per heavy atom. The fourth-order valence-corrected chi connectivity index (χ4v) is 7.26. The van der Waals surface area contributed by atoms with E-state index in [1.807, 2.05) is 19.1 Å². The van der Waals surface area contributed by atoms with Gasteiger partial charge in [0, 0.05) is 35.9 Å². The van der Waals surface area contributed by atoms with Crippen LogP contribution in [-0.2, 0) is 16.6 Å². The summed E-state index contributed by atoms with van der Waals surface area (Å²) in [6.07, 6.45) is 5.79. The third-order valence-corrected chi connectivity index (χ3v) is 9.63. The lowest BCUT2D eigenvalue weighted by Gasteiger charge is -2.48. The van der Waals surface area contributed by atoms with Crippen LogP contribution in [0.25, 0.3) is 0 Å². The Hall–Kier alpha value is -2.28. The molecule has 1 saturated carbocycles. The molecule has 37 heavy (non-hydrogen) atoms. The quantitative estimate of drug-likeness (QED) is 0.562. The van der Waals surface area contributed by atoms with E-state index < -0.39 is 5.97 Å². The number of nitrogens with zero attached hydrogens (tertiary/aromatic N) is 1. The van der Waals surface area contributed by atoms with Crippen LogP contribution < -0.4 is 9.64 Å². The molecule has 2 aliphatic heterocycles. The van der Waals surface area contributed by atoms with E-state index in [2.05, 4.69) is 17.0 Å². The van der Waals surface area contributed by atoms with Crippen LogP contribution in [-0.4, -0.2) is 54.7 Å². The van der Waals surface area contributed by atoms with E-state index in [0.29, 0.717) is 31.5 Å². The molecule has 2 aromatic rings. The molecule has 1 unspecified atom stereocenters. The molecule has 7 heteroatoms. The average molecular weight is 526 g/mol. The number of hydrogen-bond acceptors (Lipinski definition) is 5. The molecule has 2 heterocycles. The Balaban J connectivity index is 1.33. The number of aliphatic hydroxyl groups is 1. The maximum absolute atomic E-state index is 11.9. The van der Waals surface area contributed by atoms with Crippen LogP contribution in [0.5, 0.6) is 5.75 Å². The molecule has 6 atom stereocenters. The molecule has 2 fully saturated rings. The van der Waals surface area contributed by atoms with Crippen LogP contribution in [0.4, 0.5) is 5.69 Å². The Kier molecular flexibility index (Phi) is 6.62. The first kappa shape index (κ1) is 25.0. The van der Waals surface area contributed by atoms with E-state index in [1.165, 1.54) is 11.1 Å². The molecule has 2 N–H and O–H groups in total. The van der Waals surface area contributed by atoms with Gasteiger partial charge in [0.15, 0.2) is 0 Å². The number of aliphatic hydroxyl groups excluding tert-OH is 1. The predicted octanol–water partition coefficient (Wildman–Crippen LogP) is 5.32. The van der Waals surface area contributed by atoms with Gasteiger partial charge >= 0.3 is 5.97 Å². The van der Waals surface area contributed by atoms with E-state index in [-0.39, 0.29) is 29.1 Å². The number of aryl methyl sites for hydroxylation is 1. The molecule has 0 radical (unpaired) electrons. The fraction of sp³-hybridized carbons (Fsp3) is 0.567. The highest BCUT2D eigenvalue weighted by Crippen LogP contribution is 2.47. The van der Waals surface area contributed by atoms with Gasteiger partial charge in [0.2, 0.25) is 0 Å². The van der Waals surface area contributed by atoms with Gasteiger partial charge in [0.1, 0.15) is 5.75 Å². The summed E-state index contributed by atoms with van der Waals surface area (Å²) in [6, 6.07) is 11.5. The number of carbonyl (C=O) groups is 1. The molecule has 1 spiro atoms. The summed E-state index contributed by atoms with van der Waals surface area (Å²) in [7, 11) is 0. The zero-order valence-corrected chi connectivity index (χ0v) is 22.1. The smallest absolute Gasteiger partial charge is 0.335 e. The Morgan fingerprint density at radius 2 is 2.08 bits per heavy atom. The molecule has 6 rings (SSSR count). The van der Waals surface area contributed by atoms with Crippen LogP contribution in [0.15, 0.2) is 36.4 Å². The van der Waals surface area contributed by atoms with Crippen molar-refractivity contribution in [3.05, 3.63) is 58.1 Å². The third kappa shape index (κ3) is 4.62. The molecule has 2 aromatic carbocycles. The third-order valence-electron chi connectivity index (χ3n) is 9.40. The number of aromatic carboxylic acids is 1. The Labute approximate surface area is 223 Å². The number of benzene rings is 2. The standard InChI is InChI=1S/C30H36ClNO5/c1-18-15-36-28(13-26(18)33)23-7-4-21(23)14-32-16-30(10-2-3-19-11-22(31)6-8-24(19)30)17-37-27-9-5-20(29(34)35)12-25(27)32/h5-6,8-9,11-12,18,21,23,26,28,33H,2-4,7,10,13-17H2,1H3,(H,34,35)/t18-,21+,23-,26+,28-,30?/m1/s1. The van der Waals surface area contributed by atoms with Crippen molar-refractivity contribution >= 4 is 23.3 Å². The average Bonchev–Trinajstić information content (AvgIpc) is 3.01. The summed E-state index contributed by atoms with van der Waals surface area (Å²) < 4.78 is 12.7. The van der Waals surface area contributed by atoms with Crippen molar-refractivity contribution < 1.29 is 24.5 Å². The summed E-state index contributed by atoms with van der Waals surface area (Å²) in [5.41, 5.74) is 3.54. The van der Waals surface area contributed by atoms with Gasteiger partial charge in [-0.25, -0.2) is 4.79 Å². The van der Waals surface area contributed by atoms with Gasteiger partial charge in [-0.3, -0.25) is 0 Å². The largest absolute Gasteiger partial charge is 0.490 e. The van der Waals surface area contributed by atoms with Gasteiger partial charge in [-0.15, -0.1) is 0 Å². The summed E-state index contributed by atoms with van der Waals surface area (Å²) in [6.45, 7) is 4.80. The summed E-state index contributed by atoms with van der Waals surface area (Å²) in [5.74, 6) is 0.830. The Morgan fingerprint density at radius 3 is 2.84 bits per heavy atom. The van der Waals surface area contributed by atoms with Gasteiger partial charge in [0.05, 0.1) is 36.7 Å². The highest BCUT2D eigenvalue weighted by Gasteiger charge is 2.45. The molecule has 198 valence electrons. The van der Waals surface area contributed by atoms with Gasteiger partial charge in [0.25, 0.3) is 0 Å². The van der Waals surface area contributed by atoms with Crippen molar-refractivity contribution in [1.29, 1.82) is 0 Å². The first-order valence-corrected chi connectivity index (χ1v) is 14.0. The topological polar surface area (TPSA) is 79.2 Å². The molecule has 0 aromatic heterocycles. The molecule has 2 aliphatic carbocycles. The lowest BCUT2D eigenvalue weighted by atomic mass is 9.67. The van der Waals surface area contributed by atoms with E-state index in [1.54, 1.807) is 12.1 Å². The lowest BCUT2D eigenvalue weighted by molar-refractivity contribution is -0.124. The van der Waals surface area contributed by atoms with Gasteiger partial charge < -0.3 is 24.6 Å². The number of hydrogen-bond donors (Lipinski definition) is 2. The van der Waals surface area contributed by atoms with Crippen LogP contribution in [0.1, 0.15) is 60.5 Å². The number of carboxylic acids is 1. The van der Waals surface area contributed by atoms with Crippen molar-refractivity contribution in [3.63, 3.8) is 0 Å². The van der Waals surface area contributed by atoms with Crippen LogP contribution >= 0.6 is 11.6 Å². The zero-order chi connectivity index (χ0) is 25.7. The van der Waals surface area contributed by atoms with Crippen molar-refractivity contribution in [2.24, 2.45) is 17.8 Å². The molecule has 6 nitrogen and oxygen atoms in total. The van der Waals surface area contributed by atoms with Crippen molar-refractivity contribution in [2.45, 2.75) is 63.1 Å². The number of rotatable bonds is 4. The normalized spacial score (nSPS) is 33.1. The molecular formula is C30H36ClNO5. The van der Waals surface area contributed by atoms with Crippen LogP contribution in [0, 0.1) is 17.8 Å². The van der Waals surface area contributed by atoms with Crippen molar-refractivity contribution in [1.82, 2.24) is 0 Å². The monoisotopic (exact) mass is 525 g/mol. The fourth-order valence-electron chi connectivity index (χ4n) is 7.06. The van der Waals surface area contributed by atoms with E-state index in [4.69, 9.17) is 21.1 Å². The number of ether oxygens (including phenoxy) is 2. The van der Waals surface area contributed by atoms with E-state index >= 15 is 0 Å². The maximum Gasteiger partial charge on any atom is 0.335 e. The van der Waals surface area contributed by atoms with Gasteiger partial charge in [-0.05, 0) is 85.4 Å². The second-order valence-electron chi connectivity index (χ2n) is 11.7. The number of fused-ring (bicyclic) bond motifs is 3. The predicted molar refractivity (Wildman–Crippen MR) is 143 cm³/mol. The molecular weight excluding hydrogens is 490 g/mol. The number of anilines is 1. The minimum absolute atomic E-state index is 0.0875. The number of carboxylic acid groups (broad SMARTS) is 1. The second kappa shape index (κ2) is 9.79. The van der Waals surface area contributed by atoms with Gasteiger partial charge in [-0.2, -0.15) is 0 Å². The first-order chi connectivity index (χ1) is 17.8. The minimum atomic E-state index is -0.931. The summed E-state index contributed by atoms with van der Waals surface area (Å²) in [5, 5.41) is 21.0. The van der Waals surface area contributed by atoms with Crippen LogP contribution in [0.2, 0.25) is 5.02 Å². The number of halogens is 1. The van der Waals surface area contributed by atoms with E-state index in [0.717, 1.165) is 61.7 Å². The lowest BCUT2D eigenvalue weighted by Crippen LogP contribution is -2.51. The Bertz CT molecular complexity index is 1190. The zero-order valence-electron chi connectivity index (χ0n) is 21.4. The van der Waals surface area contributed by atoms with Crippen molar-refractivity contribution in [2.75, 3.05) is 31.2 Å². The summed E-state index contributed by atoms with van der Waals surface area (Å²) in [4.78, 5) is 14.2. The minimum Gasteiger partial charge on any atom is -0.490 e. The first-order valence-electron chi connectivity index (χ1n) is 13.7. The summed E-state index contributed by atoms with van der Waals surface area (Å²) >= 11 is 6.36. The highest BCUT2D eigenvalue weighted by atomic mass is 35.5. The molecule has 1 saturated heterocycles. The van der Waals surface area contributed by atoms with Gasteiger partial charge in [-0.1, -0.05) is 24.6 Å². The van der Waals surface area contributed by atoms with Crippen LogP contribution in [0.3, 0.4) is 0 Å². The maximum atomic E-state index is 11.9. The molecule has 0 bridgehead atoms. The van der Waals surface area contributed by atoms with Crippen molar-refractivity contribution in [3.8, 4) is 5.75 Å². The highest BCUT2D eigenvalue weighted by molar-refractivity contribution is 6.30. The molecule has 0 amide bonds. The van der Waals surface area contributed by atoms with E-state index in [9.17, 15) is 15.0 Å². The SMILES string of the molecule is C[C@@H]1CO[C@@H]([C@@H]2CC[C@H]2CN2CC3(CCCc4cc(Cl)ccc43)COc3ccc(C(=O)O)cc32)C[C@@H]1O. The molecule has 4 aliphatic rings. The second-order valence-corrected chi connectivity index (χ2v) is 12.2.